The van der Waals surface area contributed by atoms with Gasteiger partial charge in [0.25, 0.3) is 0 Å². The van der Waals surface area contributed by atoms with Gasteiger partial charge in [-0.3, -0.25) is 4.79 Å². The Balaban J connectivity index is 2.38. The van der Waals surface area contributed by atoms with Gasteiger partial charge in [-0.25, -0.2) is 0 Å². The predicted octanol–water partition coefficient (Wildman–Crippen LogP) is 6.18. The standard InChI is InChI=1S/C23H30O4/c1-6-7-8-9-12-26-23-20(25-5)13-19(15-24)14-21(23)27-22-17(3)11-10-16(2)18(22)4/h10-11,13-15H,6-9,12H2,1-5H3. The van der Waals surface area contributed by atoms with Crippen LogP contribution in [0.15, 0.2) is 24.3 Å². The quantitative estimate of drug-likeness (QED) is 0.370. The van der Waals surface area contributed by atoms with Gasteiger partial charge in [0.05, 0.1) is 13.7 Å². The molecule has 0 spiro atoms. The molecule has 0 aliphatic rings. The van der Waals surface area contributed by atoms with Crippen molar-refractivity contribution in [3.8, 4) is 23.0 Å². The van der Waals surface area contributed by atoms with Crippen LogP contribution in [0.1, 0.15) is 59.7 Å². The molecule has 4 nitrogen and oxygen atoms in total. The summed E-state index contributed by atoms with van der Waals surface area (Å²) in [4.78, 5) is 11.4. The molecule has 0 radical (unpaired) electrons. The third-order valence-corrected chi connectivity index (χ3v) is 4.73. The van der Waals surface area contributed by atoms with E-state index in [-0.39, 0.29) is 0 Å². The van der Waals surface area contributed by atoms with Crippen LogP contribution in [0.4, 0.5) is 0 Å². The summed E-state index contributed by atoms with van der Waals surface area (Å²) in [5, 5.41) is 0. The number of carbonyl (C=O) groups is 1. The van der Waals surface area contributed by atoms with Crippen molar-refractivity contribution in [2.24, 2.45) is 0 Å². The van der Waals surface area contributed by atoms with Crippen LogP contribution in [-0.2, 0) is 0 Å². The van der Waals surface area contributed by atoms with Gasteiger partial charge in [0.1, 0.15) is 12.0 Å². The van der Waals surface area contributed by atoms with E-state index in [2.05, 4.69) is 19.9 Å². The van der Waals surface area contributed by atoms with E-state index < -0.39 is 0 Å². The Labute approximate surface area is 162 Å². The van der Waals surface area contributed by atoms with Crippen LogP contribution in [0.25, 0.3) is 0 Å². The van der Waals surface area contributed by atoms with Crippen molar-refractivity contribution >= 4 is 6.29 Å². The van der Waals surface area contributed by atoms with Crippen LogP contribution < -0.4 is 14.2 Å². The Hall–Kier alpha value is -2.49. The zero-order valence-corrected chi connectivity index (χ0v) is 17.1. The summed E-state index contributed by atoms with van der Waals surface area (Å²) in [5.41, 5.74) is 3.74. The lowest BCUT2D eigenvalue weighted by Crippen LogP contribution is -2.03. The summed E-state index contributed by atoms with van der Waals surface area (Å²) in [6, 6.07) is 7.49. The number of benzene rings is 2. The molecule has 0 bridgehead atoms. The second-order valence-electron chi connectivity index (χ2n) is 6.83. The van der Waals surface area contributed by atoms with Crippen LogP contribution in [0.5, 0.6) is 23.0 Å². The molecule has 4 heteroatoms. The summed E-state index contributed by atoms with van der Waals surface area (Å²) >= 11 is 0. The lowest BCUT2D eigenvalue weighted by Gasteiger charge is -2.19. The van der Waals surface area contributed by atoms with Gasteiger partial charge in [-0.2, -0.15) is 0 Å². The fraction of sp³-hybridized carbons (Fsp3) is 0.435. The number of rotatable bonds is 10. The van der Waals surface area contributed by atoms with Crippen LogP contribution >= 0.6 is 0 Å². The first-order valence-electron chi connectivity index (χ1n) is 9.56. The Morgan fingerprint density at radius 2 is 1.63 bits per heavy atom. The van der Waals surface area contributed by atoms with Gasteiger partial charge in [-0.1, -0.05) is 38.3 Å². The van der Waals surface area contributed by atoms with Gasteiger partial charge in [-0.05, 0) is 56.0 Å². The molecule has 27 heavy (non-hydrogen) atoms. The average molecular weight is 370 g/mol. The third kappa shape index (κ3) is 5.25. The molecule has 0 fully saturated rings. The van der Waals surface area contributed by atoms with E-state index in [4.69, 9.17) is 14.2 Å². The minimum atomic E-state index is 0.489. The van der Waals surface area contributed by atoms with Crippen molar-refractivity contribution in [2.45, 2.75) is 53.4 Å². The molecule has 0 amide bonds. The molecule has 0 heterocycles. The van der Waals surface area contributed by atoms with Crippen molar-refractivity contribution in [3.05, 3.63) is 46.5 Å². The summed E-state index contributed by atoms with van der Waals surface area (Å²) in [7, 11) is 1.57. The monoisotopic (exact) mass is 370 g/mol. The second kappa shape index (κ2) is 10.0. The maximum absolute atomic E-state index is 11.4. The first kappa shape index (κ1) is 20.8. The fourth-order valence-electron chi connectivity index (χ4n) is 2.93. The van der Waals surface area contributed by atoms with Crippen LogP contribution in [0, 0.1) is 20.8 Å². The topological polar surface area (TPSA) is 44.8 Å². The van der Waals surface area contributed by atoms with Gasteiger partial charge in [-0.15, -0.1) is 0 Å². The highest BCUT2D eigenvalue weighted by Gasteiger charge is 2.18. The molecule has 0 atom stereocenters. The van der Waals surface area contributed by atoms with Gasteiger partial charge in [0.15, 0.2) is 11.5 Å². The molecular weight excluding hydrogens is 340 g/mol. The largest absolute Gasteiger partial charge is 0.493 e. The highest BCUT2D eigenvalue weighted by Crippen LogP contribution is 2.42. The number of unbranched alkanes of at least 4 members (excludes halogenated alkanes) is 3. The smallest absolute Gasteiger partial charge is 0.204 e. The van der Waals surface area contributed by atoms with E-state index in [0.29, 0.717) is 29.4 Å². The summed E-state index contributed by atoms with van der Waals surface area (Å²) in [6.45, 7) is 8.85. The first-order chi connectivity index (χ1) is 13.0. The van der Waals surface area contributed by atoms with Crippen molar-refractivity contribution in [3.63, 3.8) is 0 Å². The number of methoxy groups -OCH3 is 1. The number of aryl methyl sites for hydroxylation is 2. The molecule has 0 saturated heterocycles. The van der Waals surface area contributed by atoms with Gasteiger partial charge in [0, 0.05) is 5.56 Å². The van der Waals surface area contributed by atoms with Crippen molar-refractivity contribution < 1.29 is 19.0 Å². The number of hydrogen-bond donors (Lipinski definition) is 0. The van der Waals surface area contributed by atoms with Crippen molar-refractivity contribution in [2.75, 3.05) is 13.7 Å². The highest BCUT2D eigenvalue weighted by atomic mass is 16.5. The minimum Gasteiger partial charge on any atom is -0.493 e. The highest BCUT2D eigenvalue weighted by molar-refractivity contribution is 5.78. The van der Waals surface area contributed by atoms with Crippen LogP contribution in [0.2, 0.25) is 0 Å². The molecule has 0 aliphatic heterocycles. The molecule has 2 rings (SSSR count). The lowest BCUT2D eigenvalue weighted by atomic mass is 10.1. The lowest BCUT2D eigenvalue weighted by molar-refractivity contribution is 0.112. The summed E-state index contributed by atoms with van der Waals surface area (Å²) in [6.07, 6.45) is 5.25. The number of ether oxygens (including phenoxy) is 3. The van der Waals surface area contributed by atoms with Crippen LogP contribution in [-0.4, -0.2) is 20.0 Å². The average Bonchev–Trinajstić information content (AvgIpc) is 2.68. The molecular formula is C23H30O4. The Morgan fingerprint density at radius 3 is 2.30 bits per heavy atom. The minimum absolute atomic E-state index is 0.489. The molecule has 0 N–H and O–H groups in total. The van der Waals surface area contributed by atoms with E-state index >= 15 is 0 Å². The predicted molar refractivity (Wildman–Crippen MR) is 109 cm³/mol. The number of aldehydes is 1. The Kier molecular flexibility index (Phi) is 7.71. The molecule has 0 aliphatic carbocycles. The SMILES string of the molecule is CCCCCCOc1c(OC)cc(C=O)cc1Oc1c(C)ccc(C)c1C. The zero-order chi connectivity index (χ0) is 19.8. The fourth-order valence-corrected chi connectivity index (χ4v) is 2.93. The Bertz CT molecular complexity index is 780. The van der Waals surface area contributed by atoms with E-state index in [9.17, 15) is 4.79 Å². The van der Waals surface area contributed by atoms with Gasteiger partial charge in [0.2, 0.25) is 5.75 Å². The second-order valence-corrected chi connectivity index (χ2v) is 6.83. The molecule has 0 aromatic heterocycles. The maximum Gasteiger partial charge on any atom is 0.204 e. The number of carbonyl (C=O) groups excluding carboxylic acids is 1. The van der Waals surface area contributed by atoms with E-state index in [1.54, 1.807) is 19.2 Å². The number of hydrogen-bond acceptors (Lipinski definition) is 4. The van der Waals surface area contributed by atoms with Gasteiger partial charge >= 0.3 is 0 Å². The van der Waals surface area contributed by atoms with E-state index in [1.807, 2.05) is 19.9 Å². The molecule has 0 saturated carbocycles. The summed E-state index contributed by atoms with van der Waals surface area (Å²) < 4.78 is 17.7. The van der Waals surface area contributed by atoms with Crippen LogP contribution in [0.3, 0.4) is 0 Å². The molecule has 0 unspecified atom stereocenters. The molecule has 2 aromatic rings. The summed E-state index contributed by atoms with van der Waals surface area (Å²) in [5.74, 6) is 2.34. The van der Waals surface area contributed by atoms with Crippen molar-refractivity contribution in [1.82, 2.24) is 0 Å². The first-order valence-corrected chi connectivity index (χ1v) is 9.56. The third-order valence-electron chi connectivity index (χ3n) is 4.73. The van der Waals surface area contributed by atoms with E-state index in [0.717, 1.165) is 41.6 Å². The van der Waals surface area contributed by atoms with E-state index in [1.165, 1.54) is 12.8 Å². The van der Waals surface area contributed by atoms with Gasteiger partial charge < -0.3 is 14.2 Å². The maximum atomic E-state index is 11.4. The molecule has 2 aromatic carbocycles. The normalized spacial score (nSPS) is 10.6. The zero-order valence-electron chi connectivity index (χ0n) is 17.1. The Morgan fingerprint density at radius 1 is 0.926 bits per heavy atom. The molecule has 146 valence electrons. The van der Waals surface area contributed by atoms with Crippen molar-refractivity contribution in [1.29, 1.82) is 0 Å².